The zero-order chi connectivity index (χ0) is 14.7. The third-order valence-electron chi connectivity index (χ3n) is 3.12. The van der Waals surface area contributed by atoms with E-state index in [4.69, 9.17) is 10.5 Å². The first kappa shape index (κ1) is 14.3. The van der Waals surface area contributed by atoms with Gasteiger partial charge in [0.15, 0.2) is 6.10 Å². The Kier molecular flexibility index (Phi) is 4.22. The van der Waals surface area contributed by atoms with Crippen LogP contribution in [0.1, 0.15) is 18.6 Å². The normalized spacial score (nSPS) is 13.9. The third-order valence-corrected chi connectivity index (χ3v) is 3.12. The number of amides is 1. The van der Waals surface area contributed by atoms with Crippen molar-refractivity contribution < 1.29 is 19.7 Å². The van der Waals surface area contributed by atoms with Gasteiger partial charge in [-0.25, -0.2) is 0 Å². The molecule has 2 unspecified atom stereocenters. The Hall–Kier alpha value is -2.11. The highest BCUT2D eigenvalue weighted by atomic mass is 16.5. The summed E-state index contributed by atoms with van der Waals surface area (Å²) >= 11 is 0. The van der Waals surface area contributed by atoms with Crippen LogP contribution in [0, 0.1) is 0 Å². The van der Waals surface area contributed by atoms with Gasteiger partial charge < -0.3 is 20.7 Å². The van der Waals surface area contributed by atoms with Gasteiger partial charge in [0.2, 0.25) is 5.91 Å². The summed E-state index contributed by atoms with van der Waals surface area (Å²) < 4.78 is 5.47. The Balaban J connectivity index is 2.62. The van der Waals surface area contributed by atoms with Gasteiger partial charge in [0.05, 0.1) is 6.61 Å². The zero-order valence-electron chi connectivity index (χ0n) is 11.1. The lowest BCUT2D eigenvalue weighted by Gasteiger charge is -2.20. The number of carbonyl (C=O) groups is 1. The van der Waals surface area contributed by atoms with E-state index in [-0.39, 0.29) is 0 Å². The Labute approximate surface area is 116 Å². The maximum absolute atomic E-state index is 11.1. The van der Waals surface area contributed by atoms with E-state index in [1.807, 2.05) is 31.2 Å². The monoisotopic (exact) mass is 275 g/mol. The van der Waals surface area contributed by atoms with Crippen LogP contribution in [0.2, 0.25) is 0 Å². The van der Waals surface area contributed by atoms with Gasteiger partial charge in [-0.15, -0.1) is 0 Å². The number of aliphatic hydroxyl groups is 2. The van der Waals surface area contributed by atoms with E-state index in [1.54, 1.807) is 12.1 Å². The summed E-state index contributed by atoms with van der Waals surface area (Å²) in [5, 5.41) is 21.5. The summed E-state index contributed by atoms with van der Waals surface area (Å²) in [7, 11) is 0. The summed E-state index contributed by atoms with van der Waals surface area (Å²) in [6.07, 6.45) is -3.11. The number of fused-ring (bicyclic) bond motifs is 1. The molecule has 2 aromatic rings. The van der Waals surface area contributed by atoms with Gasteiger partial charge in [-0.3, -0.25) is 4.79 Å². The van der Waals surface area contributed by atoms with Crippen LogP contribution in [-0.4, -0.2) is 28.8 Å². The predicted molar refractivity (Wildman–Crippen MR) is 75.3 cm³/mol. The SMILES string of the molecule is CCOc1ccc2ccccc2c1C(O)C(O)C(N)=O. The minimum Gasteiger partial charge on any atom is -0.493 e. The van der Waals surface area contributed by atoms with E-state index in [2.05, 4.69) is 0 Å². The van der Waals surface area contributed by atoms with Gasteiger partial charge in [-0.1, -0.05) is 30.3 Å². The van der Waals surface area contributed by atoms with Crippen LogP contribution < -0.4 is 10.5 Å². The van der Waals surface area contributed by atoms with E-state index >= 15 is 0 Å². The van der Waals surface area contributed by atoms with Crippen LogP contribution in [-0.2, 0) is 4.79 Å². The van der Waals surface area contributed by atoms with Crippen LogP contribution >= 0.6 is 0 Å². The fraction of sp³-hybridized carbons (Fsp3) is 0.267. The Morgan fingerprint density at radius 3 is 2.60 bits per heavy atom. The van der Waals surface area contributed by atoms with Crippen molar-refractivity contribution in [2.24, 2.45) is 5.73 Å². The summed E-state index contributed by atoms with van der Waals surface area (Å²) in [5.41, 5.74) is 5.42. The van der Waals surface area contributed by atoms with Gasteiger partial charge >= 0.3 is 0 Å². The van der Waals surface area contributed by atoms with Crippen molar-refractivity contribution >= 4 is 16.7 Å². The van der Waals surface area contributed by atoms with Gasteiger partial charge in [0.25, 0.3) is 0 Å². The molecule has 106 valence electrons. The number of aliphatic hydroxyl groups excluding tert-OH is 2. The predicted octanol–water partition coefficient (Wildman–Crippen LogP) is 1.12. The number of nitrogens with two attached hydrogens (primary N) is 1. The molecule has 20 heavy (non-hydrogen) atoms. The highest BCUT2D eigenvalue weighted by Gasteiger charge is 2.27. The Morgan fingerprint density at radius 2 is 1.95 bits per heavy atom. The third kappa shape index (κ3) is 2.59. The van der Waals surface area contributed by atoms with Gasteiger partial charge in [-0.05, 0) is 23.8 Å². The summed E-state index contributed by atoms with van der Waals surface area (Å²) in [4.78, 5) is 11.1. The number of carbonyl (C=O) groups excluding carboxylic acids is 1. The molecule has 0 saturated carbocycles. The van der Waals surface area contributed by atoms with Gasteiger partial charge in [-0.2, -0.15) is 0 Å². The Morgan fingerprint density at radius 1 is 1.25 bits per heavy atom. The molecule has 0 aliphatic heterocycles. The molecule has 0 heterocycles. The largest absolute Gasteiger partial charge is 0.493 e. The van der Waals surface area contributed by atoms with Crippen LogP contribution in [0.4, 0.5) is 0 Å². The fourth-order valence-electron chi connectivity index (χ4n) is 2.18. The first-order chi connectivity index (χ1) is 9.56. The van der Waals surface area contributed by atoms with E-state index in [0.29, 0.717) is 23.3 Å². The van der Waals surface area contributed by atoms with Crippen molar-refractivity contribution in [2.45, 2.75) is 19.1 Å². The number of rotatable bonds is 5. The molecule has 0 bridgehead atoms. The molecule has 5 nitrogen and oxygen atoms in total. The van der Waals surface area contributed by atoms with Crippen molar-refractivity contribution in [3.8, 4) is 5.75 Å². The molecule has 0 aliphatic carbocycles. The topological polar surface area (TPSA) is 92.8 Å². The summed E-state index contributed by atoms with van der Waals surface area (Å²) in [6, 6.07) is 10.9. The average Bonchev–Trinajstić information content (AvgIpc) is 2.45. The second-order valence-corrected chi connectivity index (χ2v) is 4.42. The van der Waals surface area contributed by atoms with Crippen LogP contribution in [0.3, 0.4) is 0 Å². The number of primary amides is 1. The van der Waals surface area contributed by atoms with E-state index in [9.17, 15) is 15.0 Å². The minimum atomic E-state index is -1.68. The molecule has 1 amide bonds. The molecule has 2 aromatic carbocycles. The lowest BCUT2D eigenvalue weighted by Crippen LogP contribution is -2.34. The maximum atomic E-state index is 11.1. The molecule has 2 atom stereocenters. The smallest absolute Gasteiger partial charge is 0.249 e. The number of ether oxygens (including phenoxy) is 1. The fourth-order valence-corrected chi connectivity index (χ4v) is 2.18. The first-order valence-electron chi connectivity index (χ1n) is 6.36. The average molecular weight is 275 g/mol. The van der Waals surface area contributed by atoms with Crippen molar-refractivity contribution in [3.05, 3.63) is 42.0 Å². The number of hydrogen-bond donors (Lipinski definition) is 3. The number of hydrogen-bond acceptors (Lipinski definition) is 4. The van der Waals surface area contributed by atoms with E-state index in [1.165, 1.54) is 0 Å². The molecule has 0 spiro atoms. The lowest BCUT2D eigenvalue weighted by atomic mass is 9.96. The molecule has 0 aliphatic rings. The quantitative estimate of drug-likeness (QED) is 0.762. The zero-order valence-corrected chi connectivity index (χ0v) is 11.1. The first-order valence-corrected chi connectivity index (χ1v) is 6.36. The van der Waals surface area contributed by atoms with Crippen LogP contribution in [0.15, 0.2) is 36.4 Å². The van der Waals surface area contributed by atoms with Gasteiger partial charge in [0.1, 0.15) is 11.9 Å². The minimum absolute atomic E-state index is 0.372. The lowest BCUT2D eigenvalue weighted by molar-refractivity contribution is -0.131. The van der Waals surface area contributed by atoms with Crippen molar-refractivity contribution in [1.29, 1.82) is 0 Å². The van der Waals surface area contributed by atoms with E-state index < -0.39 is 18.1 Å². The van der Waals surface area contributed by atoms with Crippen LogP contribution in [0.5, 0.6) is 5.75 Å². The second-order valence-electron chi connectivity index (χ2n) is 4.42. The van der Waals surface area contributed by atoms with Crippen molar-refractivity contribution in [1.82, 2.24) is 0 Å². The highest BCUT2D eigenvalue weighted by Crippen LogP contribution is 2.34. The van der Waals surface area contributed by atoms with Gasteiger partial charge in [0, 0.05) is 5.56 Å². The summed E-state index contributed by atoms with van der Waals surface area (Å²) in [6.45, 7) is 2.22. The van der Waals surface area contributed by atoms with E-state index in [0.717, 1.165) is 5.39 Å². The molecular formula is C15H17NO4. The second kappa shape index (κ2) is 5.90. The molecule has 4 N–H and O–H groups in total. The maximum Gasteiger partial charge on any atom is 0.249 e. The molecule has 5 heteroatoms. The van der Waals surface area contributed by atoms with Crippen molar-refractivity contribution in [2.75, 3.05) is 6.61 Å². The standard InChI is InChI=1S/C15H17NO4/c1-2-20-11-8-7-9-5-3-4-6-10(9)12(11)13(17)14(18)15(16)19/h3-8,13-14,17-18H,2H2,1H3,(H2,16,19). The summed E-state index contributed by atoms with van der Waals surface area (Å²) in [5.74, 6) is -0.549. The number of benzene rings is 2. The molecule has 0 radical (unpaired) electrons. The molecule has 0 saturated heterocycles. The molecule has 2 rings (SSSR count). The molecule has 0 fully saturated rings. The Bertz CT molecular complexity index is 626. The molecular weight excluding hydrogens is 258 g/mol. The van der Waals surface area contributed by atoms with Crippen LogP contribution in [0.25, 0.3) is 10.8 Å². The molecule has 0 aromatic heterocycles. The highest BCUT2D eigenvalue weighted by molar-refractivity contribution is 5.89. The van der Waals surface area contributed by atoms with Crippen molar-refractivity contribution in [3.63, 3.8) is 0 Å².